The number of nitrogens with two attached hydrogens (primary N) is 1. The Morgan fingerprint density at radius 2 is 2.05 bits per heavy atom. The van der Waals surface area contributed by atoms with E-state index in [1.54, 1.807) is 0 Å². The summed E-state index contributed by atoms with van der Waals surface area (Å²) in [5.74, 6) is 1.00. The summed E-state index contributed by atoms with van der Waals surface area (Å²) in [4.78, 5) is 18.9. The molecular formula is C16H26N4O. The van der Waals surface area contributed by atoms with Crippen LogP contribution in [0.15, 0.2) is 24.4 Å². The van der Waals surface area contributed by atoms with Crippen molar-refractivity contribution < 1.29 is 4.79 Å². The van der Waals surface area contributed by atoms with Crippen molar-refractivity contribution in [3.8, 4) is 0 Å². The summed E-state index contributed by atoms with van der Waals surface area (Å²) in [6, 6.07) is 6.17. The third-order valence-corrected chi connectivity index (χ3v) is 4.52. The molecule has 21 heavy (non-hydrogen) atoms. The van der Waals surface area contributed by atoms with E-state index >= 15 is 0 Å². The Hall–Kier alpha value is -1.62. The van der Waals surface area contributed by atoms with E-state index in [0.717, 1.165) is 31.7 Å². The van der Waals surface area contributed by atoms with Crippen molar-refractivity contribution >= 4 is 11.7 Å². The van der Waals surface area contributed by atoms with Gasteiger partial charge in [0.1, 0.15) is 5.82 Å². The topological polar surface area (TPSA) is 71.2 Å². The van der Waals surface area contributed by atoms with Gasteiger partial charge in [-0.2, -0.15) is 0 Å². The number of amides is 1. The minimum atomic E-state index is -0.724. The standard InChI is InChI=1S/C16H26N4O/c1-3-16(17,4-2)15(21)19-13-8-11-20(12-9-13)14-7-5-6-10-18-14/h5-7,10,13H,3-4,8-9,11-12,17H2,1-2H3,(H,19,21). The number of hydrogen-bond acceptors (Lipinski definition) is 4. The van der Waals surface area contributed by atoms with Crippen molar-refractivity contribution in [3.63, 3.8) is 0 Å². The fraction of sp³-hybridized carbons (Fsp3) is 0.625. The molecule has 1 aromatic heterocycles. The second-order valence-electron chi connectivity index (χ2n) is 5.79. The van der Waals surface area contributed by atoms with Crippen LogP contribution in [0.3, 0.4) is 0 Å². The molecule has 0 spiro atoms. The average molecular weight is 290 g/mol. The quantitative estimate of drug-likeness (QED) is 0.865. The van der Waals surface area contributed by atoms with Crippen molar-refractivity contribution in [1.29, 1.82) is 0 Å². The van der Waals surface area contributed by atoms with Gasteiger partial charge in [0.25, 0.3) is 0 Å². The molecule has 0 saturated carbocycles. The first-order valence-corrected chi connectivity index (χ1v) is 7.85. The van der Waals surface area contributed by atoms with Gasteiger partial charge in [-0.05, 0) is 37.8 Å². The molecule has 0 bridgehead atoms. The van der Waals surface area contributed by atoms with Crippen LogP contribution in [0.5, 0.6) is 0 Å². The number of pyridine rings is 1. The maximum Gasteiger partial charge on any atom is 0.240 e. The molecule has 5 heteroatoms. The maximum absolute atomic E-state index is 12.3. The smallest absolute Gasteiger partial charge is 0.240 e. The van der Waals surface area contributed by atoms with Crippen molar-refractivity contribution in [1.82, 2.24) is 10.3 Å². The van der Waals surface area contributed by atoms with Crippen LogP contribution in [-0.4, -0.2) is 35.6 Å². The van der Waals surface area contributed by atoms with E-state index in [9.17, 15) is 4.79 Å². The molecule has 0 unspecified atom stereocenters. The van der Waals surface area contributed by atoms with Crippen molar-refractivity contribution in [3.05, 3.63) is 24.4 Å². The molecule has 1 saturated heterocycles. The summed E-state index contributed by atoms with van der Waals surface area (Å²) in [5.41, 5.74) is 5.42. The lowest BCUT2D eigenvalue weighted by atomic mass is 9.92. The number of carbonyl (C=O) groups excluding carboxylic acids is 1. The van der Waals surface area contributed by atoms with Gasteiger partial charge in [-0.1, -0.05) is 19.9 Å². The van der Waals surface area contributed by atoms with E-state index in [0.29, 0.717) is 12.8 Å². The zero-order chi connectivity index (χ0) is 15.3. The lowest BCUT2D eigenvalue weighted by molar-refractivity contribution is -0.127. The van der Waals surface area contributed by atoms with Gasteiger partial charge in [0.15, 0.2) is 0 Å². The molecule has 0 aromatic carbocycles. The largest absolute Gasteiger partial charge is 0.356 e. The summed E-state index contributed by atoms with van der Waals surface area (Å²) in [5, 5.41) is 3.12. The highest BCUT2D eigenvalue weighted by Crippen LogP contribution is 2.18. The molecule has 1 aromatic rings. The normalized spacial score (nSPS) is 16.8. The molecule has 1 aliphatic heterocycles. The highest BCUT2D eigenvalue weighted by molar-refractivity contribution is 5.86. The van der Waals surface area contributed by atoms with Gasteiger partial charge < -0.3 is 16.0 Å². The SMILES string of the molecule is CCC(N)(CC)C(=O)NC1CCN(c2ccccn2)CC1. The van der Waals surface area contributed by atoms with E-state index in [1.807, 2.05) is 38.2 Å². The monoisotopic (exact) mass is 290 g/mol. The third-order valence-electron chi connectivity index (χ3n) is 4.52. The van der Waals surface area contributed by atoms with Gasteiger partial charge in [0.05, 0.1) is 5.54 Å². The molecule has 1 aliphatic rings. The summed E-state index contributed by atoms with van der Waals surface area (Å²) < 4.78 is 0. The predicted octanol–water partition coefficient (Wildman–Crippen LogP) is 1.68. The number of carbonyl (C=O) groups is 1. The molecule has 2 rings (SSSR count). The van der Waals surface area contributed by atoms with Gasteiger partial charge in [0, 0.05) is 25.3 Å². The van der Waals surface area contributed by atoms with E-state index < -0.39 is 5.54 Å². The van der Waals surface area contributed by atoms with E-state index in [2.05, 4.69) is 15.2 Å². The molecule has 0 atom stereocenters. The van der Waals surface area contributed by atoms with Crippen LogP contribution in [0, 0.1) is 0 Å². The summed E-state index contributed by atoms with van der Waals surface area (Å²) in [7, 11) is 0. The average Bonchev–Trinajstić information content (AvgIpc) is 2.55. The van der Waals surface area contributed by atoms with Crippen LogP contribution in [0.4, 0.5) is 5.82 Å². The zero-order valence-electron chi connectivity index (χ0n) is 13.0. The first-order chi connectivity index (χ1) is 10.1. The zero-order valence-corrected chi connectivity index (χ0v) is 13.0. The number of nitrogens with zero attached hydrogens (tertiary/aromatic N) is 2. The van der Waals surface area contributed by atoms with Crippen LogP contribution in [0.1, 0.15) is 39.5 Å². The fourth-order valence-electron chi connectivity index (χ4n) is 2.69. The van der Waals surface area contributed by atoms with Gasteiger partial charge in [0.2, 0.25) is 5.91 Å². The van der Waals surface area contributed by atoms with Crippen LogP contribution >= 0.6 is 0 Å². The van der Waals surface area contributed by atoms with E-state index in [4.69, 9.17) is 5.73 Å². The molecule has 1 fully saturated rings. The Morgan fingerprint density at radius 3 is 2.57 bits per heavy atom. The van der Waals surface area contributed by atoms with E-state index in [-0.39, 0.29) is 11.9 Å². The van der Waals surface area contributed by atoms with Crippen molar-refractivity contribution in [2.24, 2.45) is 5.73 Å². The number of aromatic nitrogens is 1. The Balaban J connectivity index is 1.86. The highest BCUT2D eigenvalue weighted by Gasteiger charge is 2.32. The fourth-order valence-corrected chi connectivity index (χ4v) is 2.69. The Kier molecular flexibility index (Phi) is 5.17. The molecule has 3 N–H and O–H groups in total. The van der Waals surface area contributed by atoms with Crippen molar-refractivity contribution in [2.45, 2.75) is 51.1 Å². The number of rotatable bonds is 5. The van der Waals surface area contributed by atoms with Gasteiger partial charge >= 0.3 is 0 Å². The second kappa shape index (κ2) is 6.89. The Morgan fingerprint density at radius 1 is 1.38 bits per heavy atom. The first-order valence-electron chi connectivity index (χ1n) is 7.85. The van der Waals surface area contributed by atoms with Crippen LogP contribution < -0.4 is 16.0 Å². The third kappa shape index (κ3) is 3.73. The Labute approximate surface area is 126 Å². The van der Waals surface area contributed by atoms with Crippen molar-refractivity contribution in [2.75, 3.05) is 18.0 Å². The minimum Gasteiger partial charge on any atom is -0.356 e. The predicted molar refractivity (Wildman–Crippen MR) is 85.1 cm³/mol. The molecule has 2 heterocycles. The van der Waals surface area contributed by atoms with Crippen LogP contribution in [0.2, 0.25) is 0 Å². The summed E-state index contributed by atoms with van der Waals surface area (Å²) in [6.45, 7) is 5.76. The molecule has 0 aliphatic carbocycles. The number of nitrogens with one attached hydrogen (secondary N) is 1. The number of piperidine rings is 1. The molecular weight excluding hydrogens is 264 g/mol. The van der Waals surface area contributed by atoms with Gasteiger partial charge in [-0.3, -0.25) is 4.79 Å². The number of hydrogen-bond donors (Lipinski definition) is 2. The number of anilines is 1. The van der Waals surface area contributed by atoms with Crippen LogP contribution in [0.25, 0.3) is 0 Å². The van der Waals surface area contributed by atoms with Gasteiger partial charge in [-0.15, -0.1) is 0 Å². The molecule has 116 valence electrons. The lowest BCUT2D eigenvalue weighted by Crippen LogP contribution is -2.57. The molecule has 0 radical (unpaired) electrons. The molecule has 5 nitrogen and oxygen atoms in total. The van der Waals surface area contributed by atoms with E-state index in [1.165, 1.54) is 0 Å². The second-order valence-corrected chi connectivity index (χ2v) is 5.79. The minimum absolute atomic E-state index is 0.0104. The summed E-state index contributed by atoms with van der Waals surface area (Å²) >= 11 is 0. The Bertz CT molecular complexity index is 451. The lowest BCUT2D eigenvalue weighted by Gasteiger charge is -2.35. The van der Waals surface area contributed by atoms with Crippen LogP contribution in [-0.2, 0) is 4.79 Å². The first kappa shape index (κ1) is 15.8. The maximum atomic E-state index is 12.3. The summed E-state index contributed by atoms with van der Waals surface area (Å²) in [6.07, 6.45) is 5.02. The highest BCUT2D eigenvalue weighted by atomic mass is 16.2. The molecule has 1 amide bonds. The van der Waals surface area contributed by atoms with Gasteiger partial charge in [-0.25, -0.2) is 4.98 Å².